The first kappa shape index (κ1) is 23.2. The fourth-order valence-corrected chi connectivity index (χ4v) is 3.00. The van der Waals surface area contributed by atoms with Gasteiger partial charge in [-0.1, -0.05) is 18.2 Å². The third kappa shape index (κ3) is 7.33. The van der Waals surface area contributed by atoms with Gasteiger partial charge in [0.1, 0.15) is 5.82 Å². The minimum Gasteiger partial charge on any atom is -0.352 e. The molecule has 0 aromatic heterocycles. The van der Waals surface area contributed by atoms with Crippen LogP contribution in [-0.4, -0.2) is 24.2 Å². The second kappa shape index (κ2) is 11.8. The summed E-state index contributed by atoms with van der Waals surface area (Å²) in [6.45, 7) is 0.910. The highest BCUT2D eigenvalue weighted by Crippen LogP contribution is 2.17. The van der Waals surface area contributed by atoms with Crippen molar-refractivity contribution in [3.8, 4) is 0 Å². The van der Waals surface area contributed by atoms with Crippen molar-refractivity contribution >= 4 is 47.4 Å². The topological polar surface area (TPSA) is 79.6 Å². The SMILES string of the molecule is CN=C(NCc1cccc([N+](=O)[O-])c1)NCc1ccc(F)cc1CSC.I. The minimum atomic E-state index is -0.418. The van der Waals surface area contributed by atoms with Gasteiger partial charge in [-0.25, -0.2) is 4.39 Å². The number of nitrogens with one attached hydrogen (secondary N) is 2. The van der Waals surface area contributed by atoms with Crippen LogP contribution in [-0.2, 0) is 18.8 Å². The molecule has 6 nitrogen and oxygen atoms in total. The highest BCUT2D eigenvalue weighted by Gasteiger charge is 2.08. The second-order valence-electron chi connectivity index (χ2n) is 5.55. The van der Waals surface area contributed by atoms with E-state index in [-0.39, 0.29) is 35.5 Å². The molecule has 0 saturated heterocycles. The fourth-order valence-electron chi connectivity index (χ4n) is 2.42. The highest BCUT2D eigenvalue weighted by molar-refractivity contribution is 14.0. The van der Waals surface area contributed by atoms with Gasteiger partial charge in [0, 0.05) is 38.0 Å². The van der Waals surface area contributed by atoms with Crippen LogP contribution < -0.4 is 10.6 Å². The molecule has 0 amide bonds. The summed E-state index contributed by atoms with van der Waals surface area (Å²) >= 11 is 1.63. The van der Waals surface area contributed by atoms with E-state index in [9.17, 15) is 14.5 Å². The Hall–Kier alpha value is -1.88. The largest absolute Gasteiger partial charge is 0.352 e. The molecule has 0 atom stereocenters. The summed E-state index contributed by atoms with van der Waals surface area (Å²) in [7, 11) is 1.65. The quantitative estimate of drug-likeness (QED) is 0.195. The molecule has 0 aliphatic rings. The monoisotopic (exact) mass is 504 g/mol. The lowest BCUT2D eigenvalue weighted by Gasteiger charge is -2.14. The van der Waals surface area contributed by atoms with Gasteiger partial charge in [-0.3, -0.25) is 15.1 Å². The summed E-state index contributed by atoms with van der Waals surface area (Å²) in [6, 6.07) is 11.2. The first-order chi connectivity index (χ1) is 12.5. The first-order valence-corrected chi connectivity index (χ1v) is 9.37. The molecular weight excluding hydrogens is 482 g/mol. The maximum atomic E-state index is 13.4. The summed E-state index contributed by atoms with van der Waals surface area (Å²) in [6.07, 6.45) is 1.97. The molecule has 146 valence electrons. The van der Waals surface area contributed by atoms with Crippen LogP contribution in [0.1, 0.15) is 16.7 Å². The number of hydrogen-bond donors (Lipinski definition) is 2. The molecule has 0 heterocycles. The standard InChI is InChI=1S/C18H21FN4O2S.HI/c1-20-18(21-10-13-4-3-5-17(8-13)23(24)25)22-11-14-6-7-16(19)9-15(14)12-26-2;/h3-9H,10-12H2,1-2H3,(H2,20,21,22);1H. The van der Waals surface area contributed by atoms with Crippen LogP contribution in [0.2, 0.25) is 0 Å². The van der Waals surface area contributed by atoms with Gasteiger partial charge in [0.25, 0.3) is 5.69 Å². The van der Waals surface area contributed by atoms with Crippen molar-refractivity contribution in [1.29, 1.82) is 0 Å². The Bertz CT molecular complexity index is 805. The fraction of sp³-hybridized carbons (Fsp3) is 0.278. The van der Waals surface area contributed by atoms with Crippen LogP contribution in [0.4, 0.5) is 10.1 Å². The number of benzene rings is 2. The van der Waals surface area contributed by atoms with Gasteiger partial charge < -0.3 is 10.6 Å². The van der Waals surface area contributed by atoms with E-state index in [4.69, 9.17) is 0 Å². The molecule has 0 radical (unpaired) electrons. The molecule has 2 aromatic rings. The molecule has 2 rings (SSSR count). The lowest BCUT2D eigenvalue weighted by molar-refractivity contribution is -0.384. The third-order valence-corrected chi connectivity index (χ3v) is 4.32. The number of thioether (sulfide) groups is 1. The van der Waals surface area contributed by atoms with Crippen LogP contribution in [0.15, 0.2) is 47.5 Å². The average molecular weight is 504 g/mol. The average Bonchev–Trinajstić information content (AvgIpc) is 2.63. The van der Waals surface area contributed by atoms with Crippen LogP contribution in [0.25, 0.3) is 0 Å². The van der Waals surface area contributed by atoms with Crippen molar-refractivity contribution in [3.63, 3.8) is 0 Å². The summed E-state index contributed by atoms with van der Waals surface area (Å²) in [5.74, 6) is 1.05. The lowest BCUT2D eigenvalue weighted by atomic mass is 10.1. The summed E-state index contributed by atoms with van der Waals surface area (Å²) in [5.41, 5.74) is 2.78. The van der Waals surface area contributed by atoms with Gasteiger partial charge in [0.15, 0.2) is 5.96 Å². The third-order valence-electron chi connectivity index (χ3n) is 3.72. The number of hydrogen-bond acceptors (Lipinski definition) is 4. The Kier molecular flexibility index (Phi) is 10.1. The van der Waals surface area contributed by atoms with Crippen molar-refractivity contribution in [2.24, 2.45) is 4.99 Å². The van der Waals surface area contributed by atoms with Crippen LogP contribution in [0, 0.1) is 15.9 Å². The Labute approximate surface area is 179 Å². The molecule has 9 heteroatoms. The Balaban J connectivity index is 0.00000364. The van der Waals surface area contributed by atoms with E-state index < -0.39 is 4.92 Å². The number of nitro benzene ring substituents is 1. The number of nitrogens with zero attached hydrogens (tertiary/aromatic N) is 2. The lowest BCUT2D eigenvalue weighted by Crippen LogP contribution is -2.36. The molecule has 27 heavy (non-hydrogen) atoms. The van der Waals surface area contributed by atoms with E-state index in [1.807, 2.05) is 12.3 Å². The van der Waals surface area contributed by atoms with Gasteiger partial charge in [-0.05, 0) is 35.1 Å². The molecule has 0 bridgehead atoms. The van der Waals surface area contributed by atoms with Gasteiger partial charge in [0.2, 0.25) is 0 Å². The molecule has 0 saturated carbocycles. The van der Waals surface area contributed by atoms with Gasteiger partial charge >= 0.3 is 0 Å². The second-order valence-corrected chi connectivity index (χ2v) is 6.42. The first-order valence-electron chi connectivity index (χ1n) is 7.97. The zero-order valence-electron chi connectivity index (χ0n) is 15.1. The molecule has 0 aliphatic carbocycles. The predicted octanol–water partition coefficient (Wildman–Crippen LogP) is 4.08. The smallest absolute Gasteiger partial charge is 0.269 e. The van der Waals surface area contributed by atoms with E-state index in [1.54, 1.807) is 37.0 Å². The van der Waals surface area contributed by atoms with Crippen LogP contribution >= 0.6 is 35.7 Å². The number of non-ortho nitro benzene ring substituents is 1. The zero-order chi connectivity index (χ0) is 18.9. The van der Waals surface area contributed by atoms with E-state index in [2.05, 4.69) is 15.6 Å². The number of rotatable bonds is 7. The normalized spacial score (nSPS) is 10.9. The van der Waals surface area contributed by atoms with E-state index in [0.29, 0.717) is 19.0 Å². The molecule has 0 unspecified atom stereocenters. The molecule has 0 fully saturated rings. The summed E-state index contributed by atoms with van der Waals surface area (Å²) < 4.78 is 13.4. The van der Waals surface area contributed by atoms with Crippen molar-refractivity contribution in [2.45, 2.75) is 18.8 Å². The molecule has 0 aliphatic heterocycles. The van der Waals surface area contributed by atoms with Crippen LogP contribution in [0.3, 0.4) is 0 Å². The predicted molar refractivity (Wildman–Crippen MR) is 119 cm³/mol. The minimum absolute atomic E-state index is 0. The van der Waals surface area contributed by atoms with Crippen LogP contribution in [0.5, 0.6) is 0 Å². The Morgan fingerprint density at radius 3 is 2.59 bits per heavy atom. The number of halogens is 2. The molecule has 2 N–H and O–H groups in total. The zero-order valence-corrected chi connectivity index (χ0v) is 18.2. The molecular formula is C18H22FIN4O2S. The van der Waals surface area contributed by atoms with E-state index >= 15 is 0 Å². The van der Waals surface area contributed by atoms with Gasteiger partial charge in [0.05, 0.1) is 4.92 Å². The summed E-state index contributed by atoms with van der Waals surface area (Å²) in [4.78, 5) is 14.6. The molecule has 2 aromatic carbocycles. The van der Waals surface area contributed by atoms with Crippen molar-refractivity contribution in [1.82, 2.24) is 10.6 Å². The van der Waals surface area contributed by atoms with E-state index in [1.165, 1.54) is 18.2 Å². The maximum absolute atomic E-state index is 13.4. The Morgan fingerprint density at radius 2 is 1.93 bits per heavy atom. The Morgan fingerprint density at radius 1 is 1.19 bits per heavy atom. The van der Waals surface area contributed by atoms with Gasteiger partial charge in [-0.2, -0.15) is 11.8 Å². The summed E-state index contributed by atoms with van der Waals surface area (Å²) in [5, 5.41) is 17.1. The highest BCUT2D eigenvalue weighted by atomic mass is 127. The maximum Gasteiger partial charge on any atom is 0.269 e. The number of nitro groups is 1. The van der Waals surface area contributed by atoms with Crippen molar-refractivity contribution in [2.75, 3.05) is 13.3 Å². The number of aliphatic imine (C=N–C) groups is 1. The van der Waals surface area contributed by atoms with Crippen molar-refractivity contribution in [3.05, 3.63) is 75.1 Å². The number of guanidine groups is 1. The molecule has 0 spiro atoms. The van der Waals surface area contributed by atoms with Crippen molar-refractivity contribution < 1.29 is 9.31 Å². The van der Waals surface area contributed by atoms with Gasteiger partial charge in [-0.15, -0.1) is 24.0 Å². The van der Waals surface area contributed by atoms with E-state index in [0.717, 1.165) is 22.4 Å².